The molecule has 1 aromatic carbocycles. The van der Waals surface area contributed by atoms with Crippen LogP contribution in [0.4, 0.5) is 0 Å². The molecule has 0 fully saturated rings. The Labute approximate surface area is 106 Å². The summed E-state index contributed by atoms with van der Waals surface area (Å²) in [5.41, 5.74) is 0. The van der Waals surface area contributed by atoms with E-state index in [1.165, 1.54) is 19.1 Å². The van der Waals surface area contributed by atoms with E-state index >= 15 is 0 Å². The number of hydrogen-bond acceptors (Lipinski definition) is 4. The molecule has 0 radical (unpaired) electrons. The third-order valence-electron chi connectivity index (χ3n) is 2.29. The van der Waals surface area contributed by atoms with Crippen molar-refractivity contribution in [1.82, 2.24) is 5.32 Å². The molecular weight excluding hydrogens is 254 g/mol. The van der Waals surface area contributed by atoms with Gasteiger partial charge >= 0.3 is 0 Å². The molecule has 0 aromatic heterocycles. The molecule has 0 aliphatic rings. The summed E-state index contributed by atoms with van der Waals surface area (Å²) in [6, 6.07) is 7.35. The second kappa shape index (κ2) is 6.30. The van der Waals surface area contributed by atoms with Crippen LogP contribution in [0.15, 0.2) is 35.2 Å². The van der Waals surface area contributed by atoms with Crippen LogP contribution in [-0.4, -0.2) is 32.4 Å². The first-order valence-electron chi connectivity index (χ1n) is 5.48. The maximum absolute atomic E-state index is 11.8. The number of sulfone groups is 1. The fourth-order valence-electron chi connectivity index (χ4n) is 1.33. The molecule has 0 heterocycles. The van der Waals surface area contributed by atoms with E-state index in [1.54, 1.807) is 18.2 Å². The van der Waals surface area contributed by atoms with Gasteiger partial charge < -0.3 is 10.1 Å². The van der Waals surface area contributed by atoms with Gasteiger partial charge in [0.1, 0.15) is 6.29 Å². The van der Waals surface area contributed by atoms with E-state index in [9.17, 15) is 18.0 Å². The van der Waals surface area contributed by atoms with E-state index < -0.39 is 21.8 Å². The standard InChI is InChI=1S/C12H15NO4S/c1-10(9-14)13-12(15)7-8-18(16,17)11-5-3-2-4-6-11/h2-6,9-10H,7-8H2,1H3,(H,13,15)/t10-/m0/s1. The van der Waals surface area contributed by atoms with E-state index in [0.29, 0.717) is 6.29 Å². The Morgan fingerprint density at radius 3 is 2.50 bits per heavy atom. The Bertz CT molecular complexity index is 510. The highest BCUT2D eigenvalue weighted by Crippen LogP contribution is 2.10. The number of aldehydes is 1. The van der Waals surface area contributed by atoms with Gasteiger partial charge in [-0.3, -0.25) is 4.79 Å². The maximum atomic E-state index is 11.8. The number of carbonyl (C=O) groups is 2. The largest absolute Gasteiger partial charge is 0.347 e. The van der Waals surface area contributed by atoms with Gasteiger partial charge in [-0.2, -0.15) is 0 Å². The molecule has 18 heavy (non-hydrogen) atoms. The van der Waals surface area contributed by atoms with Crippen molar-refractivity contribution in [3.8, 4) is 0 Å². The predicted molar refractivity (Wildman–Crippen MR) is 66.8 cm³/mol. The van der Waals surface area contributed by atoms with Gasteiger partial charge in [0, 0.05) is 6.42 Å². The number of rotatable bonds is 6. The van der Waals surface area contributed by atoms with Gasteiger partial charge in [0.15, 0.2) is 9.84 Å². The molecule has 6 heteroatoms. The summed E-state index contributed by atoms with van der Waals surface area (Å²) >= 11 is 0. The van der Waals surface area contributed by atoms with Crippen LogP contribution in [0.1, 0.15) is 13.3 Å². The number of benzene rings is 1. The predicted octanol–water partition coefficient (Wildman–Crippen LogP) is 0.554. The fraction of sp³-hybridized carbons (Fsp3) is 0.333. The summed E-state index contributed by atoms with van der Waals surface area (Å²) in [6.45, 7) is 1.52. The lowest BCUT2D eigenvalue weighted by atomic mass is 10.3. The Kier molecular flexibility index (Phi) is 5.03. The number of nitrogens with one attached hydrogen (secondary N) is 1. The smallest absolute Gasteiger partial charge is 0.221 e. The summed E-state index contributed by atoms with van der Waals surface area (Å²) in [7, 11) is -3.45. The zero-order valence-electron chi connectivity index (χ0n) is 10.00. The minimum absolute atomic E-state index is 0.157. The highest BCUT2D eigenvalue weighted by Gasteiger charge is 2.16. The van der Waals surface area contributed by atoms with Gasteiger partial charge in [0.25, 0.3) is 0 Å². The van der Waals surface area contributed by atoms with Crippen LogP contribution in [0.5, 0.6) is 0 Å². The van der Waals surface area contributed by atoms with Crippen LogP contribution in [0, 0.1) is 0 Å². The van der Waals surface area contributed by atoms with Gasteiger partial charge in [-0.05, 0) is 19.1 Å². The van der Waals surface area contributed by atoms with Gasteiger partial charge in [0.05, 0.1) is 16.7 Å². The lowest BCUT2D eigenvalue weighted by Crippen LogP contribution is -2.34. The summed E-state index contributed by atoms with van der Waals surface area (Å²) in [6.07, 6.45) is 0.430. The fourth-order valence-corrected chi connectivity index (χ4v) is 2.59. The SMILES string of the molecule is C[C@@H](C=O)NC(=O)CCS(=O)(=O)c1ccccc1. The van der Waals surface area contributed by atoms with Crippen molar-refractivity contribution in [1.29, 1.82) is 0 Å². The Balaban J connectivity index is 2.58. The molecule has 98 valence electrons. The van der Waals surface area contributed by atoms with Crippen LogP contribution in [0.2, 0.25) is 0 Å². The molecule has 1 rings (SSSR count). The molecule has 1 amide bonds. The van der Waals surface area contributed by atoms with Crippen molar-refractivity contribution in [3.63, 3.8) is 0 Å². The normalized spacial score (nSPS) is 12.7. The molecular formula is C12H15NO4S. The van der Waals surface area contributed by atoms with Crippen molar-refractivity contribution in [3.05, 3.63) is 30.3 Å². The molecule has 0 saturated carbocycles. The maximum Gasteiger partial charge on any atom is 0.221 e. The van der Waals surface area contributed by atoms with Crippen LogP contribution in [0.25, 0.3) is 0 Å². The second-order valence-electron chi connectivity index (χ2n) is 3.87. The molecule has 0 aliphatic carbocycles. The lowest BCUT2D eigenvalue weighted by Gasteiger charge is -2.07. The molecule has 0 aliphatic heterocycles. The Hall–Kier alpha value is -1.69. The summed E-state index contributed by atoms with van der Waals surface area (Å²) in [5.74, 6) is -0.719. The number of amides is 1. The minimum Gasteiger partial charge on any atom is -0.347 e. The second-order valence-corrected chi connectivity index (χ2v) is 5.98. The molecule has 0 saturated heterocycles. The van der Waals surface area contributed by atoms with E-state index in [4.69, 9.17) is 0 Å². The molecule has 0 spiro atoms. The van der Waals surface area contributed by atoms with Crippen molar-refractivity contribution >= 4 is 22.0 Å². The third-order valence-corrected chi connectivity index (χ3v) is 4.02. The zero-order valence-corrected chi connectivity index (χ0v) is 10.8. The Morgan fingerprint density at radius 2 is 1.94 bits per heavy atom. The molecule has 1 aromatic rings. The average molecular weight is 269 g/mol. The van der Waals surface area contributed by atoms with E-state index in [0.717, 1.165) is 0 Å². The van der Waals surface area contributed by atoms with Crippen molar-refractivity contribution in [2.45, 2.75) is 24.3 Å². The molecule has 0 unspecified atom stereocenters. The van der Waals surface area contributed by atoms with Crippen LogP contribution >= 0.6 is 0 Å². The Morgan fingerprint density at radius 1 is 1.33 bits per heavy atom. The van der Waals surface area contributed by atoms with E-state index in [2.05, 4.69) is 5.32 Å². The molecule has 5 nitrogen and oxygen atoms in total. The first-order valence-corrected chi connectivity index (χ1v) is 7.13. The zero-order chi connectivity index (χ0) is 13.6. The summed E-state index contributed by atoms with van der Waals surface area (Å²) < 4.78 is 23.7. The van der Waals surface area contributed by atoms with Gasteiger partial charge in [0.2, 0.25) is 5.91 Å². The first kappa shape index (κ1) is 14.4. The molecule has 1 N–H and O–H groups in total. The van der Waals surface area contributed by atoms with Crippen LogP contribution in [-0.2, 0) is 19.4 Å². The monoisotopic (exact) mass is 269 g/mol. The highest BCUT2D eigenvalue weighted by molar-refractivity contribution is 7.91. The third kappa shape index (κ3) is 4.29. The average Bonchev–Trinajstić information content (AvgIpc) is 2.37. The quantitative estimate of drug-likeness (QED) is 0.765. The lowest BCUT2D eigenvalue weighted by molar-refractivity contribution is -0.123. The van der Waals surface area contributed by atoms with Crippen molar-refractivity contribution in [2.75, 3.05) is 5.75 Å². The summed E-state index contributed by atoms with van der Waals surface area (Å²) in [4.78, 5) is 21.9. The summed E-state index contributed by atoms with van der Waals surface area (Å²) in [5, 5.41) is 2.38. The highest BCUT2D eigenvalue weighted by atomic mass is 32.2. The minimum atomic E-state index is -3.45. The number of carbonyl (C=O) groups excluding carboxylic acids is 2. The van der Waals surface area contributed by atoms with Gasteiger partial charge in [-0.1, -0.05) is 18.2 Å². The van der Waals surface area contributed by atoms with Crippen molar-refractivity contribution < 1.29 is 18.0 Å². The van der Waals surface area contributed by atoms with E-state index in [-0.39, 0.29) is 17.1 Å². The van der Waals surface area contributed by atoms with Crippen molar-refractivity contribution in [2.24, 2.45) is 0 Å². The first-order chi connectivity index (χ1) is 8.45. The molecule has 1 atom stereocenters. The van der Waals surface area contributed by atoms with Gasteiger partial charge in [-0.25, -0.2) is 8.42 Å². The van der Waals surface area contributed by atoms with Crippen LogP contribution in [0.3, 0.4) is 0 Å². The topological polar surface area (TPSA) is 80.3 Å². The molecule has 0 bridgehead atoms. The van der Waals surface area contributed by atoms with Gasteiger partial charge in [-0.15, -0.1) is 0 Å². The van der Waals surface area contributed by atoms with E-state index in [1.807, 2.05) is 0 Å². The van der Waals surface area contributed by atoms with Crippen LogP contribution < -0.4 is 5.32 Å². The number of hydrogen-bond donors (Lipinski definition) is 1.